The second kappa shape index (κ2) is 8.22. The van der Waals surface area contributed by atoms with E-state index in [1.54, 1.807) is 24.3 Å². The van der Waals surface area contributed by atoms with Crippen LogP contribution in [0.25, 0.3) is 22.9 Å². The second-order valence-corrected chi connectivity index (χ2v) is 6.18. The molecule has 3 rings (SSSR count). The number of amides is 2. The van der Waals surface area contributed by atoms with E-state index in [9.17, 15) is 9.59 Å². The lowest BCUT2D eigenvalue weighted by Crippen LogP contribution is -2.28. The molecule has 0 aromatic heterocycles. The van der Waals surface area contributed by atoms with E-state index in [2.05, 4.69) is 23.8 Å². The van der Waals surface area contributed by atoms with E-state index in [4.69, 9.17) is 5.11 Å². The largest absolute Gasteiger partial charge is 0.478 e. The lowest BCUT2D eigenvalue weighted by Gasteiger charge is -2.15. The molecule has 140 valence electrons. The highest BCUT2D eigenvalue weighted by Gasteiger charge is 2.11. The van der Waals surface area contributed by atoms with E-state index in [-0.39, 0.29) is 11.6 Å². The lowest BCUT2D eigenvalue weighted by molar-refractivity contribution is 0.0697. The lowest BCUT2D eigenvalue weighted by atomic mass is 9.94. The molecule has 0 atom stereocenters. The normalized spacial score (nSPS) is 10.3. The number of carboxylic acids is 1. The predicted octanol–water partition coefficient (Wildman–Crippen LogP) is 5.15. The molecule has 0 bridgehead atoms. The maximum Gasteiger partial charge on any atom is 0.335 e. The van der Waals surface area contributed by atoms with Crippen molar-refractivity contribution in [2.75, 3.05) is 5.32 Å². The smallest absolute Gasteiger partial charge is 0.335 e. The Bertz CT molecular complexity index is 1070. The first-order valence-electron chi connectivity index (χ1n) is 8.71. The summed E-state index contributed by atoms with van der Waals surface area (Å²) in [7, 11) is 0. The van der Waals surface area contributed by atoms with Crippen LogP contribution >= 0.6 is 0 Å². The average molecular weight is 372 g/mol. The first-order valence-corrected chi connectivity index (χ1v) is 8.71. The molecule has 0 radical (unpaired) electrons. The van der Waals surface area contributed by atoms with Crippen LogP contribution in [0.5, 0.6) is 0 Å². The number of hydrogen-bond donors (Lipinski definition) is 3. The minimum atomic E-state index is -1.01. The van der Waals surface area contributed by atoms with Crippen molar-refractivity contribution in [3.05, 3.63) is 90.0 Å². The number of aromatic carboxylic acids is 1. The summed E-state index contributed by atoms with van der Waals surface area (Å²) in [4.78, 5) is 23.2. The summed E-state index contributed by atoms with van der Waals surface area (Å²) in [5.74, 6) is -1.01. The van der Waals surface area contributed by atoms with E-state index in [0.29, 0.717) is 12.2 Å². The molecule has 3 aromatic carbocycles. The molecule has 0 unspecified atom stereocenters. The van der Waals surface area contributed by atoms with Crippen molar-refractivity contribution < 1.29 is 14.7 Å². The van der Waals surface area contributed by atoms with E-state index < -0.39 is 5.97 Å². The van der Waals surface area contributed by atoms with Crippen LogP contribution in [-0.2, 0) is 6.54 Å². The summed E-state index contributed by atoms with van der Waals surface area (Å²) in [6, 6.07) is 15.6. The van der Waals surface area contributed by atoms with Crippen LogP contribution < -0.4 is 10.6 Å². The summed E-state index contributed by atoms with van der Waals surface area (Å²) in [6.45, 7) is 8.08. The molecule has 3 aromatic rings. The number of urea groups is 1. The van der Waals surface area contributed by atoms with Crippen LogP contribution in [0.1, 0.15) is 27.0 Å². The van der Waals surface area contributed by atoms with Crippen LogP contribution in [0.2, 0.25) is 0 Å². The minimum absolute atomic E-state index is 0.161. The number of benzene rings is 3. The summed E-state index contributed by atoms with van der Waals surface area (Å²) in [5, 5.41) is 16.6. The van der Waals surface area contributed by atoms with Gasteiger partial charge in [-0.2, -0.15) is 0 Å². The van der Waals surface area contributed by atoms with E-state index in [1.807, 2.05) is 30.3 Å². The summed E-state index contributed by atoms with van der Waals surface area (Å²) in [5.41, 5.74) is 3.51. The Balaban J connectivity index is 1.80. The number of carbonyl (C=O) groups excluding carboxylic acids is 1. The molecule has 0 aliphatic heterocycles. The van der Waals surface area contributed by atoms with Gasteiger partial charge < -0.3 is 15.7 Å². The molecule has 0 aliphatic rings. The fourth-order valence-electron chi connectivity index (χ4n) is 3.10. The quantitative estimate of drug-likeness (QED) is 0.560. The second-order valence-electron chi connectivity index (χ2n) is 6.18. The SMILES string of the molecule is C=Cc1cc2ccccc2c(CNC(=O)Nc2ccc(C(=O)O)cc2)c1C=C. The van der Waals surface area contributed by atoms with Crippen molar-refractivity contribution in [1.82, 2.24) is 5.32 Å². The van der Waals surface area contributed by atoms with Gasteiger partial charge >= 0.3 is 12.0 Å². The standard InChI is InChI=1S/C23H20N2O3/c1-3-15-13-17-7-5-6-8-20(17)21(19(15)4-2)14-24-23(28)25-18-11-9-16(10-12-18)22(26)27/h3-13H,1-2,14H2,(H,26,27)(H2,24,25,28). The maximum atomic E-state index is 12.3. The van der Waals surface area contributed by atoms with Crippen molar-refractivity contribution in [2.45, 2.75) is 6.54 Å². The molecule has 3 N–H and O–H groups in total. The van der Waals surface area contributed by atoms with Gasteiger partial charge in [0.1, 0.15) is 0 Å². The molecule has 0 spiro atoms. The third-order valence-corrected chi connectivity index (χ3v) is 4.47. The first kappa shape index (κ1) is 18.9. The van der Waals surface area contributed by atoms with Gasteiger partial charge in [0.05, 0.1) is 5.56 Å². The van der Waals surface area contributed by atoms with Crippen molar-refractivity contribution >= 4 is 40.6 Å². The summed E-state index contributed by atoms with van der Waals surface area (Å²) >= 11 is 0. The van der Waals surface area contributed by atoms with Gasteiger partial charge in [-0.05, 0) is 57.8 Å². The summed E-state index contributed by atoms with van der Waals surface area (Å²) in [6.07, 6.45) is 3.54. The fourth-order valence-corrected chi connectivity index (χ4v) is 3.10. The van der Waals surface area contributed by atoms with Gasteiger partial charge in [-0.25, -0.2) is 9.59 Å². The average Bonchev–Trinajstić information content (AvgIpc) is 2.71. The molecular weight excluding hydrogens is 352 g/mol. The highest BCUT2D eigenvalue weighted by atomic mass is 16.4. The van der Waals surface area contributed by atoms with E-state index in [0.717, 1.165) is 27.5 Å². The molecular formula is C23H20N2O3. The highest BCUT2D eigenvalue weighted by molar-refractivity contribution is 5.94. The number of carboxylic acid groups (broad SMARTS) is 1. The molecule has 5 nitrogen and oxygen atoms in total. The zero-order valence-corrected chi connectivity index (χ0v) is 15.2. The number of rotatable bonds is 6. The number of anilines is 1. The third kappa shape index (κ3) is 3.94. The molecule has 5 heteroatoms. The highest BCUT2D eigenvalue weighted by Crippen LogP contribution is 2.28. The van der Waals surface area contributed by atoms with Crippen molar-refractivity contribution in [2.24, 2.45) is 0 Å². The predicted molar refractivity (Wildman–Crippen MR) is 113 cm³/mol. The van der Waals surface area contributed by atoms with Gasteiger partial charge in [0.2, 0.25) is 0 Å². The van der Waals surface area contributed by atoms with E-state index in [1.165, 1.54) is 12.1 Å². The van der Waals surface area contributed by atoms with Crippen molar-refractivity contribution in [1.29, 1.82) is 0 Å². The van der Waals surface area contributed by atoms with Crippen LogP contribution in [0, 0.1) is 0 Å². The number of carbonyl (C=O) groups is 2. The Labute approximate surface area is 163 Å². The fraction of sp³-hybridized carbons (Fsp3) is 0.0435. The Morgan fingerprint density at radius 3 is 2.36 bits per heavy atom. The summed E-state index contributed by atoms with van der Waals surface area (Å²) < 4.78 is 0. The van der Waals surface area contributed by atoms with Crippen LogP contribution in [0.15, 0.2) is 67.8 Å². The van der Waals surface area contributed by atoms with Crippen molar-refractivity contribution in [3.63, 3.8) is 0 Å². The molecule has 0 heterocycles. The zero-order valence-electron chi connectivity index (χ0n) is 15.2. The van der Waals surface area contributed by atoms with Crippen molar-refractivity contribution in [3.8, 4) is 0 Å². The minimum Gasteiger partial charge on any atom is -0.478 e. The number of nitrogens with one attached hydrogen (secondary N) is 2. The first-order chi connectivity index (χ1) is 13.5. The molecule has 0 aliphatic carbocycles. The van der Waals surface area contributed by atoms with Gasteiger partial charge in [-0.1, -0.05) is 49.6 Å². The number of hydrogen-bond acceptors (Lipinski definition) is 2. The van der Waals surface area contributed by atoms with Gasteiger partial charge in [-0.15, -0.1) is 0 Å². The Hall–Kier alpha value is -3.86. The maximum absolute atomic E-state index is 12.3. The Morgan fingerprint density at radius 1 is 1.00 bits per heavy atom. The molecule has 0 saturated heterocycles. The third-order valence-electron chi connectivity index (χ3n) is 4.47. The topological polar surface area (TPSA) is 78.4 Å². The van der Waals surface area contributed by atoms with E-state index >= 15 is 0 Å². The van der Waals surface area contributed by atoms with Crippen LogP contribution in [-0.4, -0.2) is 17.1 Å². The van der Waals surface area contributed by atoms with Gasteiger partial charge in [0, 0.05) is 12.2 Å². The van der Waals surface area contributed by atoms with Gasteiger partial charge in [0.25, 0.3) is 0 Å². The zero-order chi connectivity index (χ0) is 20.1. The molecule has 28 heavy (non-hydrogen) atoms. The molecule has 0 fully saturated rings. The molecule has 2 amide bonds. The monoisotopic (exact) mass is 372 g/mol. The van der Waals surface area contributed by atoms with Crippen LogP contribution in [0.3, 0.4) is 0 Å². The number of fused-ring (bicyclic) bond motifs is 1. The molecule has 0 saturated carbocycles. The van der Waals surface area contributed by atoms with Gasteiger partial charge in [-0.3, -0.25) is 0 Å². The van der Waals surface area contributed by atoms with Gasteiger partial charge in [0.15, 0.2) is 0 Å². The van der Waals surface area contributed by atoms with Crippen LogP contribution in [0.4, 0.5) is 10.5 Å². The Kier molecular flexibility index (Phi) is 5.56. The Morgan fingerprint density at radius 2 is 1.71 bits per heavy atom.